The van der Waals surface area contributed by atoms with Crippen LogP contribution in [0.2, 0.25) is 0 Å². The minimum absolute atomic E-state index is 0.0441. The fraction of sp³-hybridized carbons (Fsp3) is 0.0588. The van der Waals surface area contributed by atoms with Crippen molar-refractivity contribution in [3.05, 3.63) is 63.9 Å². The van der Waals surface area contributed by atoms with Crippen LogP contribution in [0.4, 0.5) is 17.1 Å². The summed E-state index contributed by atoms with van der Waals surface area (Å²) in [5, 5.41) is 10.7. The molecule has 2 aromatic carbocycles. The van der Waals surface area contributed by atoms with Crippen LogP contribution in [0, 0.1) is 10.1 Å². The molecule has 3 rings (SSSR count). The predicted octanol–water partition coefficient (Wildman–Crippen LogP) is 1.43. The Morgan fingerprint density at radius 3 is 2.54 bits per heavy atom. The van der Waals surface area contributed by atoms with E-state index in [9.17, 15) is 19.7 Å². The molecule has 26 heavy (non-hydrogen) atoms. The summed E-state index contributed by atoms with van der Waals surface area (Å²) in [6.07, 6.45) is 1.43. The van der Waals surface area contributed by atoms with Gasteiger partial charge in [-0.3, -0.25) is 24.6 Å². The molecule has 0 atom stereocenters. The van der Waals surface area contributed by atoms with Crippen molar-refractivity contribution in [1.82, 2.24) is 0 Å². The van der Waals surface area contributed by atoms with Gasteiger partial charge in [-0.2, -0.15) is 0 Å². The largest absolute Gasteiger partial charge is 0.449 e. The predicted molar refractivity (Wildman–Crippen MR) is 94.1 cm³/mol. The molecule has 0 saturated carbocycles. The number of nitro groups is 1. The third-order valence-corrected chi connectivity index (χ3v) is 3.67. The Labute approximate surface area is 147 Å². The number of benzene rings is 2. The van der Waals surface area contributed by atoms with E-state index in [1.807, 2.05) is 0 Å². The maximum absolute atomic E-state index is 12.7. The molecule has 0 bridgehead atoms. The second-order valence-electron chi connectivity index (χ2n) is 5.54. The fourth-order valence-corrected chi connectivity index (χ4v) is 2.48. The van der Waals surface area contributed by atoms with Gasteiger partial charge in [-0.15, -0.1) is 0 Å². The van der Waals surface area contributed by atoms with E-state index in [0.29, 0.717) is 22.7 Å². The fourth-order valence-electron chi connectivity index (χ4n) is 2.48. The number of nitrogen functional groups attached to an aromatic ring is 1. The zero-order chi connectivity index (χ0) is 18.8. The zero-order valence-electron chi connectivity index (χ0n) is 13.4. The van der Waals surface area contributed by atoms with Crippen LogP contribution >= 0.6 is 0 Å². The van der Waals surface area contributed by atoms with E-state index < -0.39 is 16.7 Å². The Morgan fingerprint density at radius 2 is 1.92 bits per heavy atom. The van der Waals surface area contributed by atoms with Crippen molar-refractivity contribution in [2.75, 3.05) is 17.2 Å². The third-order valence-electron chi connectivity index (χ3n) is 3.67. The lowest BCUT2D eigenvalue weighted by Gasteiger charge is -2.29. The Morgan fingerprint density at radius 1 is 1.23 bits per heavy atom. The highest BCUT2D eigenvalue weighted by atomic mass is 16.6. The molecule has 2 amide bonds. The summed E-state index contributed by atoms with van der Waals surface area (Å²) in [7, 11) is 0. The van der Waals surface area contributed by atoms with Gasteiger partial charge >= 0.3 is 0 Å². The molecule has 0 radical (unpaired) electrons. The van der Waals surface area contributed by atoms with E-state index in [2.05, 4.69) is 0 Å². The lowest BCUT2D eigenvalue weighted by molar-refractivity contribution is -0.384. The third kappa shape index (κ3) is 3.31. The highest BCUT2D eigenvalue weighted by Gasteiger charge is 2.31. The van der Waals surface area contributed by atoms with Crippen LogP contribution in [-0.4, -0.2) is 23.3 Å². The van der Waals surface area contributed by atoms with Gasteiger partial charge in [0.1, 0.15) is 6.54 Å². The maximum Gasteiger partial charge on any atom is 0.294 e. The molecule has 0 aliphatic carbocycles. The second kappa shape index (κ2) is 6.55. The minimum atomic E-state index is -0.691. The van der Waals surface area contributed by atoms with E-state index in [-0.39, 0.29) is 18.0 Å². The Kier molecular flexibility index (Phi) is 4.27. The summed E-state index contributed by atoms with van der Waals surface area (Å²) in [6.45, 7) is -0.337. The Hall–Kier alpha value is -3.88. The van der Waals surface area contributed by atoms with Crippen LogP contribution in [0.5, 0.6) is 5.75 Å². The average Bonchev–Trinajstić information content (AvgIpc) is 2.59. The van der Waals surface area contributed by atoms with Gasteiger partial charge < -0.3 is 16.2 Å². The quantitative estimate of drug-likeness (QED) is 0.368. The van der Waals surface area contributed by atoms with Crippen LogP contribution in [0.25, 0.3) is 6.08 Å². The molecule has 4 N–H and O–H groups in total. The van der Waals surface area contributed by atoms with E-state index in [1.165, 1.54) is 41.3 Å². The molecular formula is C17H14N4O5. The summed E-state index contributed by atoms with van der Waals surface area (Å²) in [4.78, 5) is 35.4. The van der Waals surface area contributed by atoms with E-state index in [4.69, 9.17) is 16.2 Å². The SMILES string of the molecule is NC(=O)CN1C(=O)/C(=C\c2ccc([N+](=O)[O-])cc2)Oc2ccc(N)cc21. The molecule has 2 aromatic rings. The molecule has 1 heterocycles. The number of amides is 2. The average molecular weight is 354 g/mol. The first-order chi connectivity index (χ1) is 12.3. The molecule has 1 aliphatic rings. The number of nitro benzene ring substituents is 1. The van der Waals surface area contributed by atoms with Gasteiger partial charge in [0, 0.05) is 17.8 Å². The Bertz CT molecular complexity index is 937. The number of nitrogens with zero attached hydrogens (tertiary/aromatic N) is 2. The van der Waals surface area contributed by atoms with Crippen LogP contribution in [-0.2, 0) is 9.59 Å². The lowest BCUT2D eigenvalue weighted by atomic mass is 10.1. The highest BCUT2D eigenvalue weighted by molar-refractivity contribution is 6.12. The molecule has 0 unspecified atom stereocenters. The summed E-state index contributed by atoms with van der Waals surface area (Å²) in [5.74, 6) is -0.964. The number of hydrogen-bond acceptors (Lipinski definition) is 6. The normalized spacial score (nSPS) is 14.7. The van der Waals surface area contributed by atoms with Crippen molar-refractivity contribution in [2.45, 2.75) is 0 Å². The molecule has 0 spiro atoms. The summed E-state index contributed by atoms with van der Waals surface area (Å²) >= 11 is 0. The van der Waals surface area contributed by atoms with Gasteiger partial charge in [0.25, 0.3) is 11.6 Å². The van der Waals surface area contributed by atoms with Gasteiger partial charge in [0.2, 0.25) is 5.91 Å². The first-order valence-corrected chi connectivity index (χ1v) is 7.49. The summed E-state index contributed by atoms with van der Waals surface area (Å²) < 4.78 is 5.62. The van der Waals surface area contributed by atoms with Crippen molar-refractivity contribution < 1.29 is 19.2 Å². The summed E-state index contributed by atoms with van der Waals surface area (Å²) in [6, 6.07) is 10.3. The first kappa shape index (κ1) is 17.0. The standard InChI is InChI=1S/C17H14N4O5/c18-11-3-6-14-13(8-11)20(9-16(19)22)17(23)15(26-14)7-10-1-4-12(5-2-10)21(24)25/h1-8H,9,18H2,(H2,19,22)/b15-7+. The molecule has 132 valence electrons. The van der Waals surface area contributed by atoms with Gasteiger partial charge in [0.05, 0.1) is 10.6 Å². The number of carbonyl (C=O) groups is 2. The molecule has 9 nitrogen and oxygen atoms in total. The van der Waals surface area contributed by atoms with E-state index in [1.54, 1.807) is 12.1 Å². The number of carbonyl (C=O) groups excluding carboxylic acids is 2. The molecular weight excluding hydrogens is 340 g/mol. The minimum Gasteiger partial charge on any atom is -0.449 e. The van der Waals surface area contributed by atoms with Gasteiger partial charge in [0.15, 0.2) is 11.5 Å². The van der Waals surface area contributed by atoms with Gasteiger partial charge in [-0.1, -0.05) is 0 Å². The number of primary amides is 1. The molecule has 9 heteroatoms. The second-order valence-corrected chi connectivity index (χ2v) is 5.54. The lowest BCUT2D eigenvalue weighted by Crippen LogP contribution is -2.42. The summed E-state index contributed by atoms with van der Waals surface area (Å²) in [5.41, 5.74) is 12.2. The van der Waals surface area contributed by atoms with Crippen molar-refractivity contribution in [3.63, 3.8) is 0 Å². The molecule has 0 fully saturated rings. The van der Waals surface area contributed by atoms with Crippen LogP contribution < -0.4 is 21.1 Å². The maximum atomic E-state index is 12.7. The Balaban J connectivity index is 2.00. The number of ether oxygens (including phenoxy) is 1. The molecule has 0 saturated heterocycles. The van der Waals surface area contributed by atoms with Gasteiger partial charge in [-0.05, 0) is 42.0 Å². The number of nitrogens with two attached hydrogens (primary N) is 2. The van der Waals surface area contributed by atoms with Crippen molar-refractivity contribution in [3.8, 4) is 5.75 Å². The molecule has 1 aliphatic heterocycles. The van der Waals surface area contributed by atoms with Crippen LogP contribution in [0.15, 0.2) is 48.2 Å². The van der Waals surface area contributed by atoms with Crippen LogP contribution in [0.3, 0.4) is 0 Å². The number of hydrogen-bond donors (Lipinski definition) is 2. The number of rotatable bonds is 4. The smallest absolute Gasteiger partial charge is 0.294 e. The number of anilines is 2. The van der Waals surface area contributed by atoms with Gasteiger partial charge in [-0.25, -0.2) is 0 Å². The topological polar surface area (TPSA) is 142 Å². The van der Waals surface area contributed by atoms with E-state index in [0.717, 1.165) is 0 Å². The van der Waals surface area contributed by atoms with Crippen molar-refractivity contribution in [2.24, 2.45) is 5.73 Å². The van der Waals surface area contributed by atoms with Crippen molar-refractivity contribution >= 4 is 35.0 Å². The monoisotopic (exact) mass is 354 g/mol. The molecule has 0 aromatic heterocycles. The van der Waals surface area contributed by atoms with Crippen molar-refractivity contribution in [1.29, 1.82) is 0 Å². The zero-order valence-corrected chi connectivity index (χ0v) is 13.4. The number of fused-ring (bicyclic) bond motifs is 1. The first-order valence-electron chi connectivity index (χ1n) is 7.49. The van der Waals surface area contributed by atoms with Crippen LogP contribution in [0.1, 0.15) is 5.56 Å². The number of non-ortho nitro benzene ring substituents is 1. The highest BCUT2D eigenvalue weighted by Crippen LogP contribution is 2.37. The van der Waals surface area contributed by atoms with E-state index >= 15 is 0 Å².